The highest BCUT2D eigenvalue weighted by Gasteiger charge is 2.50. The highest BCUT2D eigenvalue weighted by molar-refractivity contribution is 9.10. The van der Waals surface area contributed by atoms with Crippen molar-refractivity contribution in [2.75, 3.05) is 6.54 Å². The van der Waals surface area contributed by atoms with Crippen LogP contribution in [0.25, 0.3) is 11.1 Å². The van der Waals surface area contributed by atoms with Gasteiger partial charge in [0.2, 0.25) is 5.78 Å². The summed E-state index contributed by atoms with van der Waals surface area (Å²) in [6, 6.07) is 7.95. The molecule has 2 aliphatic heterocycles. The standard InChI is InChI=1S/C16H13BrN2O2S/c1-8-11(9-3-2-4-10(17)7-9)12-13(22-8)14(20)16(21)5-6-18-15(16)19-12/h2-4,7,21H,5-6H2,1H3,(H,18,19)/t16-/m1/s1. The summed E-state index contributed by atoms with van der Waals surface area (Å²) in [5, 5.41) is 13.6. The van der Waals surface area contributed by atoms with E-state index in [9.17, 15) is 9.90 Å². The van der Waals surface area contributed by atoms with Gasteiger partial charge in [0.05, 0.1) is 5.69 Å². The molecule has 0 radical (unpaired) electrons. The van der Waals surface area contributed by atoms with E-state index < -0.39 is 5.60 Å². The van der Waals surface area contributed by atoms with Gasteiger partial charge < -0.3 is 10.4 Å². The van der Waals surface area contributed by atoms with E-state index in [1.165, 1.54) is 11.3 Å². The van der Waals surface area contributed by atoms with Crippen molar-refractivity contribution < 1.29 is 9.90 Å². The van der Waals surface area contributed by atoms with Crippen LogP contribution in [0.5, 0.6) is 0 Å². The minimum atomic E-state index is -1.46. The number of aliphatic imine (C=N–C) groups is 1. The van der Waals surface area contributed by atoms with E-state index in [0.717, 1.165) is 20.5 Å². The maximum absolute atomic E-state index is 12.7. The first-order valence-corrected chi connectivity index (χ1v) is 8.61. The molecular formula is C16H13BrN2O2S. The lowest BCUT2D eigenvalue weighted by Crippen LogP contribution is -2.47. The van der Waals surface area contributed by atoms with Crippen LogP contribution in [-0.4, -0.2) is 28.9 Å². The number of nitrogens with one attached hydrogen (secondary N) is 1. The number of amidine groups is 1. The van der Waals surface area contributed by atoms with Crippen molar-refractivity contribution >= 4 is 44.6 Å². The molecule has 0 amide bonds. The molecule has 0 saturated carbocycles. The van der Waals surface area contributed by atoms with Crippen LogP contribution in [0.1, 0.15) is 21.0 Å². The van der Waals surface area contributed by atoms with Gasteiger partial charge in [0.25, 0.3) is 0 Å². The molecule has 3 heterocycles. The minimum absolute atomic E-state index is 0.230. The second-order valence-corrected chi connectivity index (χ2v) is 7.69. The van der Waals surface area contributed by atoms with Crippen molar-refractivity contribution in [3.05, 3.63) is 38.5 Å². The summed E-state index contributed by atoms with van der Waals surface area (Å²) in [5.74, 6) is 0.158. The number of nitrogens with zero attached hydrogens (tertiary/aromatic N) is 1. The van der Waals surface area contributed by atoms with Gasteiger partial charge in [-0.15, -0.1) is 11.3 Å². The second-order valence-electron chi connectivity index (χ2n) is 5.55. The van der Waals surface area contributed by atoms with Gasteiger partial charge in [0.15, 0.2) is 5.60 Å². The van der Waals surface area contributed by atoms with Crippen LogP contribution < -0.4 is 5.32 Å². The predicted octanol–water partition coefficient (Wildman–Crippen LogP) is 3.44. The lowest BCUT2D eigenvalue weighted by Gasteiger charge is -2.24. The van der Waals surface area contributed by atoms with Crippen LogP contribution in [0.2, 0.25) is 0 Å². The van der Waals surface area contributed by atoms with Gasteiger partial charge in [0, 0.05) is 27.9 Å². The third kappa shape index (κ3) is 1.84. The van der Waals surface area contributed by atoms with Gasteiger partial charge >= 0.3 is 0 Å². The van der Waals surface area contributed by atoms with Gasteiger partial charge in [-0.25, -0.2) is 4.99 Å². The SMILES string of the molecule is Cc1sc2c(c1-c1cccc(Br)c1)N=C1NCC[C@@]1(O)C2=O. The molecule has 22 heavy (non-hydrogen) atoms. The van der Waals surface area contributed by atoms with Crippen LogP contribution >= 0.6 is 27.3 Å². The Morgan fingerprint density at radius 2 is 2.27 bits per heavy atom. The van der Waals surface area contributed by atoms with E-state index in [-0.39, 0.29) is 5.78 Å². The van der Waals surface area contributed by atoms with Gasteiger partial charge in [0.1, 0.15) is 10.7 Å². The zero-order chi connectivity index (χ0) is 15.5. The number of benzene rings is 1. The summed E-state index contributed by atoms with van der Waals surface area (Å²) in [6.07, 6.45) is 0.382. The molecule has 1 aromatic heterocycles. The zero-order valence-electron chi connectivity index (χ0n) is 11.8. The molecule has 6 heteroatoms. The van der Waals surface area contributed by atoms with Crippen LogP contribution in [0.15, 0.2) is 33.7 Å². The number of carbonyl (C=O) groups excluding carboxylic acids is 1. The molecule has 0 unspecified atom stereocenters. The average Bonchev–Trinajstić information content (AvgIpc) is 3.01. The number of aliphatic hydroxyl groups is 1. The first-order chi connectivity index (χ1) is 10.5. The monoisotopic (exact) mass is 376 g/mol. The smallest absolute Gasteiger partial charge is 0.214 e. The summed E-state index contributed by atoms with van der Waals surface area (Å²) in [4.78, 5) is 18.9. The number of fused-ring (bicyclic) bond motifs is 2. The summed E-state index contributed by atoms with van der Waals surface area (Å²) in [5.41, 5.74) is 1.21. The molecule has 0 spiro atoms. The van der Waals surface area contributed by atoms with Crippen molar-refractivity contribution in [3.8, 4) is 11.1 Å². The largest absolute Gasteiger partial charge is 0.374 e. The number of halogens is 1. The third-order valence-electron chi connectivity index (χ3n) is 4.15. The molecule has 2 aromatic rings. The number of carbonyl (C=O) groups is 1. The van der Waals surface area contributed by atoms with Crippen molar-refractivity contribution in [1.29, 1.82) is 0 Å². The number of rotatable bonds is 1. The van der Waals surface area contributed by atoms with Gasteiger partial charge in [-0.2, -0.15) is 0 Å². The van der Waals surface area contributed by atoms with E-state index in [1.54, 1.807) is 0 Å². The molecule has 1 fully saturated rings. The van der Waals surface area contributed by atoms with E-state index in [0.29, 0.717) is 29.4 Å². The lowest BCUT2D eigenvalue weighted by molar-refractivity contribution is 0.0607. The Morgan fingerprint density at radius 1 is 1.45 bits per heavy atom. The normalized spacial score (nSPS) is 22.9. The molecule has 1 atom stereocenters. The number of thiophene rings is 1. The lowest BCUT2D eigenvalue weighted by atomic mass is 9.90. The number of aryl methyl sites for hydroxylation is 1. The Morgan fingerprint density at radius 3 is 3.05 bits per heavy atom. The summed E-state index contributed by atoms with van der Waals surface area (Å²) in [7, 11) is 0. The highest BCUT2D eigenvalue weighted by Crippen LogP contribution is 2.47. The zero-order valence-corrected chi connectivity index (χ0v) is 14.2. The molecule has 4 rings (SSSR count). The first-order valence-electron chi connectivity index (χ1n) is 7.00. The van der Waals surface area contributed by atoms with Crippen molar-refractivity contribution in [1.82, 2.24) is 5.32 Å². The predicted molar refractivity (Wildman–Crippen MR) is 91.2 cm³/mol. The Balaban J connectivity index is 1.97. The Labute approximate surface area is 140 Å². The minimum Gasteiger partial charge on any atom is -0.374 e. The molecule has 2 N–H and O–H groups in total. The molecule has 0 bridgehead atoms. The molecule has 112 valence electrons. The first kappa shape index (κ1) is 14.1. The van der Waals surface area contributed by atoms with E-state index in [2.05, 4.69) is 26.2 Å². The fraction of sp³-hybridized carbons (Fsp3) is 0.250. The number of hydrogen-bond acceptors (Lipinski definition) is 5. The molecule has 4 nitrogen and oxygen atoms in total. The molecular weight excluding hydrogens is 364 g/mol. The van der Waals surface area contributed by atoms with Crippen molar-refractivity contribution in [2.45, 2.75) is 18.9 Å². The maximum atomic E-state index is 12.7. The highest BCUT2D eigenvalue weighted by atomic mass is 79.9. The molecule has 1 saturated heterocycles. The summed E-state index contributed by atoms with van der Waals surface area (Å²) >= 11 is 4.90. The molecule has 1 aromatic carbocycles. The fourth-order valence-electron chi connectivity index (χ4n) is 3.06. The van der Waals surface area contributed by atoms with Gasteiger partial charge in [-0.1, -0.05) is 28.1 Å². The molecule has 0 aliphatic carbocycles. The van der Waals surface area contributed by atoms with Crippen LogP contribution in [0.4, 0.5) is 5.69 Å². The Hall–Kier alpha value is -1.50. The number of ketones is 1. The van der Waals surface area contributed by atoms with E-state index in [1.807, 2.05) is 31.2 Å². The topological polar surface area (TPSA) is 61.7 Å². The summed E-state index contributed by atoms with van der Waals surface area (Å²) < 4.78 is 0.981. The quantitative estimate of drug-likeness (QED) is 0.801. The van der Waals surface area contributed by atoms with Crippen LogP contribution in [-0.2, 0) is 0 Å². The van der Waals surface area contributed by atoms with Crippen LogP contribution in [0, 0.1) is 6.92 Å². The third-order valence-corrected chi connectivity index (χ3v) is 5.74. The van der Waals surface area contributed by atoms with Crippen molar-refractivity contribution in [3.63, 3.8) is 0 Å². The molecule has 2 aliphatic rings. The summed E-state index contributed by atoms with van der Waals surface area (Å²) in [6.45, 7) is 2.56. The van der Waals surface area contributed by atoms with Crippen molar-refractivity contribution in [2.24, 2.45) is 4.99 Å². The Kier molecular flexibility index (Phi) is 3.04. The fourth-order valence-corrected chi connectivity index (χ4v) is 4.58. The van der Waals surface area contributed by atoms with Crippen LogP contribution in [0.3, 0.4) is 0 Å². The van der Waals surface area contributed by atoms with E-state index >= 15 is 0 Å². The Bertz CT molecular complexity index is 843. The maximum Gasteiger partial charge on any atom is 0.214 e. The van der Waals surface area contributed by atoms with Gasteiger partial charge in [-0.3, -0.25) is 4.79 Å². The average molecular weight is 377 g/mol. The second kappa shape index (κ2) is 4.75. The number of hydrogen-bond donors (Lipinski definition) is 2. The van der Waals surface area contributed by atoms with E-state index in [4.69, 9.17) is 0 Å². The number of Topliss-reactive ketones (excluding diaryl/α,β-unsaturated/α-hetero) is 1. The van der Waals surface area contributed by atoms with Gasteiger partial charge in [-0.05, 0) is 24.6 Å².